The molecule has 206 valence electrons. The van der Waals surface area contributed by atoms with Crippen LogP contribution >= 0.6 is 0 Å². The number of nitrogens with zero attached hydrogens (tertiary/aromatic N) is 3. The number of aldehydes is 1. The molecule has 38 heavy (non-hydrogen) atoms. The quantitative estimate of drug-likeness (QED) is 0.448. The number of fused-ring (bicyclic) bond motifs is 3. The van der Waals surface area contributed by atoms with E-state index >= 15 is 0 Å². The van der Waals surface area contributed by atoms with Gasteiger partial charge in [0.05, 0.1) is 17.1 Å². The standard InChI is InChI=1S/C28H35N3O2.CH2O2.CH4O/c1-19-12-13-24-25(30(19)2)14-15-26-28(24)29-27(16-21(18-32)20-8-5-4-6-9-20)31(26)22-10-7-11-23(17-22)33-3;2-1-3;1-2/h4-6,8-9,14-15,18-19,21-23H,7,10-13,16-17H2,1-3H3;1H,(H,2,3);2H,1H3. The normalized spacial score (nSPS) is 21.3. The van der Waals surface area contributed by atoms with Gasteiger partial charge in [-0.25, -0.2) is 4.98 Å². The molecule has 4 unspecified atom stereocenters. The number of aromatic nitrogens is 2. The third-order valence-corrected chi connectivity index (χ3v) is 7.96. The largest absolute Gasteiger partial charge is 0.483 e. The van der Waals surface area contributed by atoms with Crippen LogP contribution in [0, 0.1) is 0 Å². The molecule has 0 amide bonds. The van der Waals surface area contributed by atoms with Gasteiger partial charge in [-0.15, -0.1) is 0 Å². The smallest absolute Gasteiger partial charge is 0.290 e. The van der Waals surface area contributed by atoms with Crippen molar-refractivity contribution in [3.05, 3.63) is 59.4 Å². The van der Waals surface area contributed by atoms with E-state index in [9.17, 15) is 4.79 Å². The number of carbonyl (C=O) groups excluding carboxylic acids is 1. The van der Waals surface area contributed by atoms with Crippen molar-refractivity contribution >= 4 is 29.5 Å². The van der Waals surface area contributed by atoms with Gasteiger partial charge < -0.3 is 29.2 Å². The van der Waals surface area contributed by atoms with Crippen LogP contribution in [0.25, 0.3) is 11.0 Å². The third kappa shape index (κ3) is 6.25. The lowest BCUT2D eigenvalue weighted by Crippen LogP contribution is -2.33. The predicted octanol–water partition coefficient (Wildman–Crippen LogP) is 4.77. The highest BCUT2D eigenvalue weighted by Crippen LogP contribution is 2.39. The summed E-state index contributed by atoms with van der Waals surface area (Å²) in [7, 11) is 5.01. The van der Waals surface area contributed by atoms with E-state index in [4.69, 9.17) is 24.7 Å². The molecule has 2 aliphatic rings. The predicted molar refractivity (Wildman–Crippen MR) is 150 cm³/mol. The molecule has 0 saturated heterocycles. The van der Waals surface area contributed by atoms with E-state index in [1.807, 2.05) is 37.4 Å². The van der Waals surface area contributed by atoms with E-state index in [0.717, 1.165) is 68.8 Å². The summed E-state index contributed by atoms with van der Waals surface area (Å²) >= 11 is 0. The molecule has 1 aliphatic heterocycles. The molecule has 2 aromatic carbocycles. The molecule has 3 aromatic rings. The van der Waals surface area contributed by atoms with Gasteiger partial charge in [0, 0.05) is 56.9 Å². The molecule has 8 heteroatoms. The van der Waals surface area contributed by atoms with Crippen LogP contribution in [0.1, 0.15) is 67.9 Å². The molecule has 5 rings (SSSR count). The number of hydrogen-bond donors (Lipinski definition) is 2. The van der Waals surface area contributed by atoms with Gasteiger partial charge in [-0.05, 0) is 63.1 Å². The lowest BCUT2D eigenvalue weighted by atomic mass is 9.91. The Hall–Kier alpha value is -3.23. The molecule has 4 atom stereocenters. The van der Waals surface area contributed by atoms with Gasteiger partial charge in [0.1, 0.15) is 12.1 Å². The number of imidazole rings is 1. The van der Waals surface area contributed by atoms with Crippen molar-refractivity contribution in [1.82, 2.24) is 9.55 Å². The summed E-state index contributed by atoms with van der Waals surface area (Å²) in [5, 5.41) is 13.9. The minimum absolute atomic E-state index is 0.193. The first-order valence-electron chi connectivity index (χ1n) is 13.3. The SMILES string of the molecule is CO.COC1CCCC(n2c(CC(C=O)c3ccccc3)nc3c4c(ccc32)N(C)C(C)CC4)C1.O=CO. The zero-order valence-corrected chi connectivity index (χ0v) is 22.9. The molecular formula is C30H41N3O5. The topological polar surface area (TPSA) is 105 Å². The highest BCUT2D eigenvalue weighted by Gasteiger charge is 2.30. The summed E-state index contributed by atoms with van der Waals surface area (Å²) in [5.74, 6) is 0.837. The fourth-order valence-corrected chi connectivity index (χ4v) is 5.88. The van der Waals surface area contributed by atoms with Crippen molar-refractivity contribution < 1.29 is 24.5 Å². The van der Waals surface area contributed by atoms with Gasteiger partial charge in [-0.1, -0.05) is 30.3 Å². The first-order chi connectivity index (χ1) is 18.5. The molecular weight excluding hydrogens is 482 g/mol. The fraction of sp³-hybridized carbons (Fsp3) is 0.500. The number of anilines is 1. The van der Waals surface area contributed by atoms with Gasteiger partial charge in [0.15, 0.2) is 0 Å². The lowest BCUT2D eigenvalue weighted by molar-refractivity contribution is -0.122. The molecule has 2 N–H and O–H groups in total. The Morgan fingerprint density at radius 2 is 1.82 bits per heavy atom. The molecule has 0 spiro atoms. The fourth-order valence-electron chi connectivity index (χ4n) is 5.88. The van der Waals surface area contributed by atoms with Gasteiger partial charge in [0.2, 0.25) is 0 Å². The van der Waals surface area contributed by atoms with E-state index in [1.54, 1.807) is 0 Å². The number of hydrogen-bond acceptors (Lipinski definition) is 6. The molecule has 8 nitrogen and oxygen atoms in total. The second-order valence-electron chi connectivity index (χ2n) is 9.97. The lowest BCUT2D eigenvalue weighted by Gasteiger charge is -2.34. The van der Waals surface area contributed by atoms with Crippen LogP contribution in [0.2, 0.25) is 0 Å². The van der Waals surface area contributed by atoms with Gasteiger partial charge in [-0.2, -0.15) is 0 Å². The maximum atomic E-state index is 12.2. The molecule has 0 radical (unpaired) electrons. The average molecular weight is 524 g/mol. The Morgan fingerprint density at radius 3 is 2.47 bits per heavy atom. The van der Waals surface area contributed by atoms with Crippen LogP contribution < -0.4 is 4.90 Å². The summed E-state index contributed by atoms with van der Waals surface area (Å²) < 4.78 is 8.22. The number of ether oxygens (including phenoxy) is 1. The maximum Gasteiger partial charge on any atom is 0.290 e. The molecule has 1 fully saturated rings. The monoisotopic (exact) mass is 523 g/mol. The summed E-state index contributed by atoms with van der Waals surface area (Å²) in [6.45, 7) is 2.04. The van der Waals surface area contributed by atoms with Crippen LogP contribution in [-0.4, -0.2) is 65.9 Å². The molecule has 1 aromatic heterocycles. The second kappa shape index (κ2) is 14.1. The van der Waals surface area contributed by atoms with Crippen molar-refractivity contribution in [2.45, 2.75) is 76.0 Å². The highest BCUT2D eigenvalue weighted by molar-refractivity contribution is 5.86. The molecule has 0 bridgehead atoms. The first-order valence-corrected chi connectivity index (χ1v) is 13.3. The second-order valence-corrected chi connectivity index (χ2v) is 9.97. The van der Waals surface area contributed by atoms with Gasteiger partial charge in [-0.3, -0.25) is 4.79 Å². The Balaban J connectivity index is 0.000000748. The van der Waals surface area contributed by atoms with E-state index < -0.39 is 0 Å². The minimum atomic E-state index is -0.250. The van der Waals surface area contributed by atoms with Crippen LogP contribution in [0.15, 0.2) is 42.5 Å². The summed E-state index contributed by atoms with van der Waals surface area (Å²) in [6, 6.07) is 15.5. The van der Waals surface area contributed by atoms with Crippen LogP contribution in [-0.2, 0) is 27.2 Å². The Morgan fingerprint density at radius 1 is 1.11 bits per heavy atom. The number of aryl methyl sites for hydroxylation is 1. The van der Waals surface area contributed by atoms with E-state index in [0.29, 0.717) is 18.5 Å². The summed E-state index contributed by atoms with van der Waals surface area (Å²) in [4.78, 5) is 28.2. The summed E-state index contributed by atoms with van der Waals surface area (Å²) in [6.07, 6.45) is 8.59. The number of benzene rings is 2. The average Bonchev–Trinajstić information content (AvgIpc) is 3.34. The zero-order chi connectivity index (χ0) is 27.7. The van der Waals surface area contributed by atoms with Crippen molar-refractivity contribution in [1.29, 1.82) is 0 Å². The number of aliphatic hydroxyl groups excluding tert-OH is 1. The Kier molecular flexibility index (Phi) is 10.9. The molecule has 1 aliphatic carbocycles. The molecule has 1 saturated carbocycles. The number of aliphatic hydroxyl groups is 1. The zero-order valence-electron chi connectivity index (χ0n) is 22.9. The van der Waals surface area contributed by atoms with E-state index in [2.05, 4.69) is 35.6 Å². The summed E-state index contributed by atoms with van der Waals surface area (Å²) in [5.41, 5.74) is 6.05. The van der Waals surface area contributed by atoms with Gasteiger partial charge >= 0.3 is 0 Å². The third-order valence-electron chi connectivity index (χ3n) is 7.96. The van der Waals surface area contributed by atoms with Crippen molar-refractivity contribution in [3.63, 3.8) is 0 Å². The Labute approximate surface area is 225 Å². The van der Waals surface area contributed by atoms with Crippen LogP contribution in [0.4, 0.5) is 5.69 Å². The Bertz CT molecular complexity index is 1180. The maximum absolute atomic E-state index is 12.2. The van der Waals surface area contributed by atoms with E-state index in [-0.39, 0.29) is 18.5 Å². The number of methoxy groups -OCH3 is 1. The number of carbonyl (C=O) groups is 2. The van der Waals surface area contributed by atoms with Crippen molar-refractivity contribution in [3.8, 4) is 0 Å². The van der Waals surface area contributed by atoms with Crippen LogP contribution in [0.5, 0.6) is 0 Å². The van der Waals surface area contributed by atoms with Crippen LogP contribution in [0.3, 0.4) is 0 Å². The molecule has 2 heterocycles. The van der Waals surface area contributed by atoms with Crippen molar-refractivity contribution in [2.75, 3.05) is 26.2 Å². The van der Waals surface area contributed by atoms with Crippen molar-refractivity contribution in [2.24, 2.45) is 0 Å². The number of carboxylic acid groups (broad SMARTS) is 1. The number of rotatable bonds is 6. The highest BCUT2D eigenvalue weighted by atomic mass is 16.5. The van der Waals surface area contributed by atoms with Gasteiger partial charge in [0.25, 0.3) is 6.47 Å². The first kappa shape index (κ1) is 29.3. The van der Waals surface area contributed by atoms with E-state index in [1.165, 1.54) is 16.8 Å². The minimum Gasteiger partial charge on any atom is -0.483 e.